The highest BCUT2D eigenvalue weighted by molar-refractivity contribution is 5.86. The summed E-state index contributed by atoms with van der Waals surface area (Å²) in [5.74, 6) is 1.37. The fraction of sp³-hybridized carbons (Fsp3) is 0.250. The number of oxazole rings is 1. The summed E-state index contributed by atoms with van der Waals surface area (Å²) >= 11 is 0. The van der Waals surface area contributed by atoms with Crippen molar-refractivity contribution in [2.75, 3.05) is 13.6 Å². The molecule has 2 heterocycles. The predicted molar refractivity (Wildman–Crippen MR) is 122 cm³/mol. The quantitative estimate of drug-likeness (QED) is 0.332. The molecule has 0 atom stereocenters. The van der Waals surface area contributed by atoms with Gasteiger partial charge < -0.3 is 20.0 Å². The summed E-state index contributed by atoms with van der Waals surface area (Å²) in [4.78, 5) is 12.2. The number of rotatable bonds is 6. The standard InChI is InChI=1S/C24H27N5O/c1-16-7-9-18(10-8-16)23-29-20(15-30-23)14-28-24(25-3)26-12-11-19-13-27-21-6-4-5-17(2)22(19)21/h4-10,13,15,27H,11-12,14H2,1-3H3,(H2,25,26,28). The molecule has 154 valence electrons. The van der Waals surface area contributed by atoms with E-state index in [0.29, 0.717) is 12.4 Å². The van der Waals surface area contributed by atoms with Crippen molar-refractivity contribution in [3.8, 4) is 11.5 Å². The fourth-order valence-corrected chi connectivity index (χ4v) is 3.58. The molecule has 0 radical (unpaired) electrons. The third kappa shape index (κ3) is 4.38. The van der Waals surface area contributed by atoms with E-state index in [1.54, 1.807) is 13.3 Å². The third-order valence-electron chi connectivity index (χ3n) is 5.19. The minimum absolute atomic E-state index is 0.543. The summed E-state index contributed by atoms with van der Waals surface area (Å²) < 4.78 is 5.62. The van der Waals surface area contributed by atoms with Gasteiger partial charge in [-0.1, -0.05) is 29.8 Å². The van der Waals surface area contributed by atoms with Crippen molar-refractivity contribution in [3.63, 3.8) is 0 Å². The first kappa shape index (κ1) is 19.8. The lowest BCUT2D eigenvalue weighted by molar-refractivity contribution is 0.572. The van der Waals surface area contributed by atoms with Crippen molar-refractivity contribution < 1.29 is 4.42 Å². The maximum Gasteiger partial charge on any atom is 0.226 e. The number of aromatic nitrogens is 2. The Balaban J connectivity index is 1.31. The van der Waals surface area contributed by atoms with E-state index < -0.39 is 0 Å². The van der Waals surface area contributed by atoms with Gasteiger partial charge in [-0.3, -0.25) is 4.99 Å². The molecule has 0 aliphatic rings. The number of benzene rings is 2. The molecule has 6 heteroatoms. The average Bonchev–Trinajstić information content (AvgIpc) is 3.39. The first-order chi connectivity index (χ1) is 14.6. The molecule has 3 N–H and O–H groups in total. The summed E-state index contributed by atoms with van der Waals surface area (Å²) in [5, 5.41) is 7.98. The molecule has 0 spiro atoms. The van der Waals surface area contributed by atoms with E-state index in [4.69, 9.17) is 4.42 Å². The Hall–Kier alpha value is -3.54. The highest BCUT2D eigenvalue weighted by Gasteiger charge is 2.09. The number of hydrogen-bond donors (Lipinski definition) is 3. The fourth-order valence-electron chi connectivity index (χ4n) is 3.58. The van der Waals surface area contributed by atoms with E-state index in [0.717, 1.165) is 30.2 Å². The van der Waals surface area contributed by atoms with Gasteiger partial charge in [0.05, 0.1) is 12.2 Å². The number of nitrogens with one attached hydrogen (secondary N) is 3. The molecule has 0 aliphatic heterocycles. The number of H-pyrrole nitrogens is 1. The topological polar surface area (TPSA) is 78.2 Å². The average molecular weight is 402 g/mol. The van der Waals surface area contributed by atoms with Gasteiger partial charge in [-0.25, -0.2) is 4.98 Å². The van der Waals surface area contributed by atoms with Crippen LogP contribution in [0.25, 0.3) is 22.4 Å². The summed E-state index contributed by atoms with van der Waals surface area (Å²) in [6.45, 7) is 5.54. The lowest BCUT2D eigenvalue weighted by atomic mass is 10.1. The van der Waals surface area contributed by atoms with Gasteiger partial charge in [0.2, 0.25) is 5.89 Å². The molecule has 0 saturated carbocycles. The molecule has 2 aromatic heterocycles. The highest BCUT2D eigenvalue weighted by Crippen LogP contribution is 2.22. The monoisotopic (exact) mass is 401 g/mol. The van der Waals surface area contributed by atoms with Crippen molar-refractivity contribution in [3.05, 3.63) is 77.3 Å². The third-order valence-corrected chi connectivity index (χ3v) is 5.19. The smallest absolute Gasteiger partial charge is 0.226 e. The number of fused-ring (bicyclic) bond motifs is 1. The summed E-state index contributed by atoms with van der Waals surface area (Å²) in [6.07, 6.45) is 4.69. The highest BCUT2D eigenvalue weighted by atomic mass is 16.3. The Morgan fingerprint density at radius 2 is 1.93 bits per heavy atom. The number of aliphatic imine (C=N–C) groups is 1. The van der Waals surface area contributed by atoms with Crippen LogP contribution in [0, 0.1) is 13.8 Å². The molecule has 6 nitrogen and oxygen atoms in total. The largest absolute Gasteiger partial charge is 0.444 e. The van der Waals surface area contributed by atoms with Crippen LogP contribution in [-0.2, 0) is 13.0 Å². The SMILES string of the molecule is CN=C(NCCc1c[nH]c2cccc(C)c12)NCc1coc(-c2ccc(C)cc2)n1. The lowest BCUT2D eigenvalue weighted by Crippen LogP contribution is -2.37. The minimum atomic E-state index is 0.543. The molecule has 30 heavy (non-hydrogen) atoms. The normalized spacial score (nSPS) is 11.8. The van der Waals surface area contributed by atoms with Crippen molar-refractivity contribution >= 4 is 16.9 Å². The van der Waals surface area contributed by atoms with Crippen LogP contribution in [0.15, 0.2) is 64.3 Å². The minimum Gasteiger partial charge on any atom is -0.444 e. The van der Waals surface area contributed by atoms with E-state index >= 15 is 0 Å². The molecule has 0 bridgehead atoms. The Kier molecular flexibility index (Phi) is 5.84. The first-order valence-electron chi connectivity index (χ1n) is 10.2. The second-order valence-electron chi connectivity index (χ2n) is 7.42. The summed E-state index contributed by atoms with van der Waals surface area (Å²) in [5.41, 5.74) is 6.81. The molecular weight excluding hydrogens is 374 g/mol. The van der Waals surface area contributed by atoms with Gasteiger partial charge >= 0.3 is 0 Å². The van der Waals surface area contributed by atoms with Crippen LogP contribution in [-0.4, -0.2) is 29.5 Å². The van der Waals surface area contributed by atoms with Gasteiger partial charge in [-0.15, -0.1) is 0 Å². The molecule has 0 amide bonds. The van der Waals surface area contributed by atoms with Crippen LogP contribution in [0.1, 0.15) is 22.4 Å². The Morgan fingerprint density at radius 3 is 2.73 bits per heavy atom. The van der Waals surface area contributed by atoms with Crippen molar-refractivity contribution in [1.29, 1.82) is 0 Å². The van der Waals surface area contributed by atoms with Crippen LogP contribution >= 0.6 is 0 Å². The first-order valence-corrected chi connectivity index (χ1v) is 10.2. The van der Waals surface area contributed by atoms with Crippen LogP contribution in [0.5, 0.6) is 0 Å². The zero-order valence-corrected chi connectivity index (χ0v) is 17.6. The molecule has 0 unspecified atom stereocenters. The predicted octanol–water partition coefficient (Wildman–Crippen LogP) is 4.35. The summed E-state index contributed by atoms with van der Waals surface area (Å²) in [7, 11) is 1.77. The number of nitrogens with zero attached hydrogens (tertiary/aromatic N) is 2. The van der Waals surface area contributed by atoms with Crippen LogP contribution in [0.4, 0.5) is 0 Å². The molecule has 4 rings (SSSR count). The molecule has 2 aromatic carbocycles. The number of hydrogen-bond acceptors (Lipinski definition) is 3. The maximum absolute atomic E-state index is 5.62. The van der Waals surface area contributed by atoms with E-state index in [1.165, 1.54) is 27.6 Å². The number of guanidine groups is 1. The maximum atomic E-state index is 5.62. The van der Waals surface area contributed by atoms with Crippen LogP contribution < -0.4 is 10.6 Å². The van der Waals surface area contributed by atoms with Gasteiger partial charge in [-0.2, -0.15) is 0 Å². The number of aromatic amines is 1. The van der Waals surface area contributed by atoms with Crippen molar-refractivity contribution in [1.82, 2.24) is 20.6 Å². The Labute approximate surface area is 176 Å². The van der Waals surface area contributed by atoms with Gasteiger partial charge in [0.25, 0.3) is 0 Å². The lowest BCUT2D eigenvalue weighted by Gasteiger charge is -2.10. The molecule has 4 aromatic rings. The van der Waals surface area contributed by atoms with Crippen molar-refractivity contribution in [2.24, 2.45) is 4.99 Å². The van der Waals surface area contributed by atoms with Gasteiger partial charge in [0.1, 0.15) is 6.26 Å². The van der Waals surface area contributed by atoms with Gasteiger partial charge in [-0.05, 0) is 49.6 Å². The summed E-state index contributed by atoms with van der Waals surface area (Å²) in [6, 6.07) is 14.5. The Bertz CT molecular complexity index is 1150. The zero-order chi connectivity index (χ0) is 20.9. The van der Waals surface area contributed by atoms with Crippen LogP contribution in [0.2, 0.25) is 0 Å². The zero-order valence-electron chi connectivity index (χ0n) is 17.6. The second-order valence-corrected chi connectivity index (χ2v) is 7.42. The molecule has 0 aliphatic carbocycles. The number of aryl methyl sites for hydroxylation is 2. The molecular formula is C24H27N5O. The molecule has 0 fully saturated rings. The van der Waals surface area contributed by atoms with E-state index in [-0.39, 0.29) is 0 Å². The van der Waals surface area contributed by atoms with Gasteiger partial charge in [0, 0.05) is 36.3 Å². The van der Waals surface area contributed by atoms with E-state index in [9.17, 15) is 0 Å². The Morgan fingerprint density at radius 1 is 1.10 bits per heavy atom. The van der Waals surface area contributed by atoms with Crippen molar-refractivity contribution in [2.45, 2.75) is 26.8 Å². The van der Waals surface area contributed by atoms with Crippen LogP contribution in [0.3, 0.4) is 0 Å². The van der Waals surface area contributed by atoms with E-state index in [2.05, 4.69) is 76.0 Å². The van der Waals surface area contributed by atoms with Gasteiger partial charge in [0.15, 0.2) is 5.96 Å². The van der Waals surface area contributed by atoms with E-state index in [1.807, 2.05) is 12.1 Å². The molecule has 0 saturated heterocycles. The second kappa shape index (κ2) is 8.86.